The lowest BCUT2D eigenvalue weighted by Gasteiger charge is -2.24. The van der Waals surface area contributed by atoms with Crippen molar-refractivity contribution in [2.45, 2.75) is 31.6 Å². The van der Waals surface area contributed by atoms with Crippen molar-refractivity contribution in [1.29, 1.82) is 0 Å². The number of hydrogen-bond donors (Lipinski definition) is 3. The third-order valence-corrected chi connectivity index (χ3v) is 3.29. The first-order valence-corrected chi connectivity index (χ1v) is 6.68. The molecule has 0 spiro atoms. The smallest absolute Gasteiger partial charge is 0.251 e. The predicted octanol–water partition coefficient (Wildman–Crippen LogP) is 2.64. The standard InChI is InChI=1S/C14H20FNO2S/c1-14(2,6-3-7-17)9-16-13(18)10-4-5-11(15)12(19)8-10/h4-5,8,17,19H,3,6-7,9H2,1-2H3,(H,16,18). The summed E-state index contributed by atoms with van der Waals surface area (Å²) < 4.78 is 13.0. The van der Waals surface area contributed by atoms with Crippen LogP contribution in [0.25, 0.3) is 0 Å². The Balaban J connectivity index is 2.57. The monoisotopic (exact) mass is 285 g/mol. The van der Waals surface area contributed by atoms with Gasteiger partial charge in [0.15, 0.2) is 0 Å². The van der Waals surface area contributed by atoms with Crippen molar-refractivity contribution < 1.29 is 14.3 Å². The van der Waals surface area contributed by atoms with E-state index in [1.165, 1.54) is 18.2 Å². The van der Waals surface area contributed by atoms with Gasteiger partial charge in [0, 0.05) is 23.6 Å². The molecule has 0 aliphatic rings. The first-order chi connectivity index (χ1) is 8.85. The number of carbonyl (C=O) groups excluding carboxylic acids is 1. The molecule has 19 heavy (non-hydrogen) atoms. The number of aliphatic hydroxyl groups excluding tert-OH is 1. The van der Waals surface area contributed by atoms with Gasteiger partial charge in [-0.15, -0.1) is 12.6 Å². The van der Waals surface area contributed by atoms with E-state index in [2.05, 4.69) is 17.9 Å². The molecule has 2 N–H and O–H groups in total. The fourth-order valence-corrected chi connectivity index (χ4v) is 1.94. The molecule has 0 fully saturated rings. The van der Waals surface area contributed by atoms with Gasteiger partial charge >= 0.3 is 0 Å². The van der Waals surface area contributed by atoms with Crippen LogP contribution in [-0.2, 0) is 0 Å². The van der Waals surface area contributed by atoms with Gasteiger partial charge in [-0.3, -0.25) is 4.79 Å². The molecule has 1 aromatic carbocycles. The lowest BCUT2D eigenvalue weighted by atomic mass is 9.88. The predicted molar refractivity (Wildman–Crippen MR) is 76.1 cm³/mol. The van der Waals surface area contributed by atoms with Crippen LogP contribution < -0.4 is 5.32 Å². The molecule has 1 aromatic rings. The lowest BCUT2D eigenvalue weighted by Crippen LogP contribution is -2.34. The third kappa shape index (κ3) is 5.20. The molecule has 1 rings (SSSR count). The van der Waals surface area contributed by atoms with Crippen LogP contribution in [0.15, 0.2) is 23.1 Å². The molecule has 5 heteroatoms. The second-order valence-electron chi connectivity index (χ2n) is 5.34. The van der Waals surface area contributed by atoms with Gasteiger partial charge in [0.1, 0.15) is 5.82 Å². The number of hydrogen-bond acceptors (Lipinski definition) is 3. The molecule has 0 atom stereocenters. The van der Waals surface area contributed by atoms with Crippen molar-refractivity contribution in [3.63, 3.8) is 0 Å². The topological polar surface area (TPSA) is 49.3 Å². The first kappa shape index (κ1) is 16.0. The van der Waals surface area contributed by atoms with Crippen molar-refractivity contribution in [3.8, 4) is 0 Å². The molecule has 0 aliphatic carbocycles. The second-order valence-corrected chi connectivity index (χ2v) is 5.82. The van der Waals surface area contributed by atoms with Crippen molar-refractivity contribution >= 4 is 18.5 Å². The normalized spacial score (nSPS) is 11.4. The summed E-state index contributed by atoms with van der Waals surface area (Å²) in [5.41, 5.74) is 0.312. The van der Waals surface area contributed by atoms with E-state index < -0.39 is 5.82 Å². The Kier molecular flexibility index (Phi) is 5.82. The van der Waals surface area contributed by atoms with Crippen molar-refractivity contribution in [3.05, 3.63) is 29.6 Å². The van der Waals surface area contributed by atoms with Gasteiger partial charge in [0.25, 0.3) is 5.91 Å². The summed E-state index contributed by atoms with van der Waals surface area (Å²) in [7, 11) is 0. The molecule has 0 saturated heterocycles. The average molecular weight is 285 g/mol. The van der Waals surface area contributed by atoms with Crippen LogP contribution >= 0.6 is 12.6 Å². The molecule has 0 heterocycles. The minimum Gasteiger partial charge on any atom is -0.396 e. The van der Waals surface area contributed by atoms with Crippen LogP contribution in [0.4, 0.5) is 4.39 Å². The van der Waals surface area contributed by atoms with Gasteiger partial charge in [0.05, 0.1) is 0 Å². The lowest BCUT2D eigenvalue weighted by molar-refractivity contribution is 0.0932. The molecular weight excluding hydrogens is 265 g/mol. The summed E-state index contributed by atoms with van der Waals surface area (Å²) in [6, 6.07) is 4.08. The van der Waals surface area contributed by atoms with Crippen molar-refractivity contribution in [2.75, 3.05) is 13.2 Å². The summed E-state index contributed by atoms with van der Waals surface area (Å²) in [6.07, 6.45) is 1.53. The second kappa shape index (κ2) is 6.91. The largest absolute Gasteiger partial charge is 0.396 e. The van der Waals surface area contributed by atoms with Gasteiger partial charge in [-0.2, -0.15) is 0 Å². The van der Waals surface area contributed by atoms with Gasteiger partial charge in [-0.25, -0.2) is 4.39 Å². The fraction of sp³-hybridized carbons (Fsp3) is 0.500. The molecule has 0 saturated carbocycles. The molecule has 1 amide bonds. The Bertz CT molecular complexity index is 449. The quantitative estimate of drug-likeness (QED) is 0.704. The minimum atomic E-state index is -0.442. The van der Waals surface area contributed by atoms with Crippen molar-refractivity contribution in [2.24, 2.45) is 5.41 Å². The zero-order valence-corrected chi connectivity index (χ0v) is 12.1. The summed E-state index contributed by atoms with van der Waals surface area (Å²) in [5.74, 6) is -0.685. The molecule has 0 radical (unpaired) electrons. The summed E-state index contributed by atoms with van der Waals surface area (Å²) in [6.45, 7) is 4.71. The number of aliphatic hydroxyl groups is 1. The number of carbonyl (C=O) groups is 1. The summed E-state index contributed by atoms with van der Waals surface area (Å²) in [5, 5.41) is 11.6. The van der Waals surface area contributed by atoms with E-state index >= 15 is 0 Å². The average Bonchev–Trinajstić information content (AvgIpc) is 2.37. The van der Waals surface area contributed by atoms with E-state index in [4.69, 9.17) is 5.11 Å². The minimum absolute atomic E-state index is 0.0811. The van der Waals surface area contributed by atoms with Crippen LogP contribution in [0, 0.1) is 11.2 Å². The first-order valence-electron chi connectivity index (χ1n) is 6.23. The Morgan fingerprint density at radius 2 is 2.16 bits per heavy atom. The van der Waals surface area contributed by atoms with Gasteiger partial charge < -0.3 is 10.4 Å². The highest BCUT2D eigenvalue weighted by Gasteiger charge is 2.19. The molecule has 106 valence electrons. The SMILES string of the molecule is CC(C)(CCCO)CNC(=O)c1ccc(F)c(S)c1. The van der Waals surface area contributed by atoms with Crippen LogP contribution in [0.1, 0.15) is 37.0 Å². The zero-order chi connectivity index (χ0) is 14.5. The van der Waals surface area contributed by atoms with Gasteiger partial charge in [0.2, 0.25) is 0 Å². The van der Waals surface area contributed by atoms with E-state index in [-0.39, 0.29) is 22.8 Å². The van der Waals surface area contributed by atoms with Crippen LogP contribution in [-0.4, -0.2) is 24.2 Å². The molecule has 3 nitrogen and oxygen atoms in total. The van der Waals surface area contributed by atoms with Crippen LogP contribution in [0.2, 0.25) is 0 Å². The number of amides is 1. The van der Waals surface area contributed by atoms with E-state index in [0.717, 1.165) is 6.42 Å². The number of halogens is 1. The highest BCUT2D eigenvalue weighted by atomic mass is 32.1. The Labute approximate surface area is 118 Å². The van der Waals surface area contributed by atoms with Gasteiger partial charge in [-0.1, -0.05) is 13.8 Å². The fourth-order valence-electron chi connectivity index (χ4n) is 1.72. The molecular formula is C14H20FNO2S. The molecule has 0 unspecified atom stereocenters. The summed E-state index contributed by atoms with van der Waals surface area (Å²) in [4.78, 5) is 12.1. The zero-order valence-electron chi connectivity index (χ0n) is 11.2. The van der Waals surface area contributed by atoms with Gasteiger partial charge in [-0.05, 0) is 36.5 Å². The van der Waals surface area contributed by atoms with Crippen molar-refractivity contribution in [1.82, 2.24) is 5.32 Å². The number of nitrogens with one attached hydrogen (secondary N) is 1. The number of benzene rings is 1. The van der Waals surface area contributed by atoms with Crippen LogP contribution in [0.5, 0.6) is 0 Å². The molecule has 0 aliphatic heterocycles. The molecule has 0 aromatic heterocycles. The van der Waals surface area contributed by atoms with E-state index in [1.807, 2.05) is 13.8 Å². The maximum Gasteiger partial charge on any atom is 0.251 e. The highest BCUT2D eigenvalue weighted by Crippen LogP contribution is 2.21. The van der Waals surface area contributed by atoms with Crippen LogP contribution in [0.3, 0.4) is 0 Å². The maximum absolute atomic E-state index is 13.0. The van der Waals surface area contributed by atoms with E-state index in [1.54, 1.807) is 0 Å². The third-order valence-electron chi connectivity index (χ3n) is 2.95. The Hall–Kier alpha value is -1.07. The highest BCUT2D eigenvalue weighted by molar-refractivity contribution is 7.80. The van der Waals surface area contributed by atoms with E-state index in [9.17, 15) is 9.18 Å². The summed E-state index contributed by atoms with van der Waals surface area (Å²) >= 11 is 3.95. The number of thiol groups is 1. The molecule has 0 bridgehead atoms. The Morgan fingerprint density at radius 3 is 2.74 bits per heavy atom. The Morgan fingerprint density at radius 1 is 1.47 bits per heavy atom. The maximum atomic E-state index is 13.0. The van der Waals surface area contributed by atoms with E-state index in [0.29, 0.717) is 18.5 Å². The number of rotatable bonds is 6.